The fraction of sp³-hybridized carbons (Fsp3) is 0.333. The number of fused-ring (bicyclic) bond motifs is 1. The summed E-state index contributed by atoms with van der Waals surface area (Å²) in [5, 5.41) is 1.04. The number of anilines is 1. The molecule has 1 fully saturated rings. The summed E-state index contributed by atoms with van der Waals surface area (Å²) in [5.41, 5.74) is 2.32. The van der Waals surface area contributed by atoms with E-state index in [0.717, 1.165) is 24.0 Å². The fourth-order valence-electron chi connectivity index (χ4n) is 2.24. The number of hydrogen-bond acceptors (Lipinski definition) is 3. The van der Waals surface area contributed by atoms with Gasteiger partial charge in [0.05, 0.1) is 6.33 Å². The van der Waals surface area contributed by atoms with Crippen molar-refractivity contribution < 1.29 is 0 Å². The smallest absolute Gasteiger partial charge is 0.137 e. The molecule has 0 spiro atoms. The fourth-order valence-corrected chi connectivity index (χ4v) is 2.46. The average Bonchev–Trinajstić information content (AvgIpc) is 2.83. The van der Waals surface area contributed by atoms with E-state index in [0.29, 0.717) is 4.64 Å². The van der Waals surface area contributed by atoms with Crippen LogP contribution in [0.25, 0.3) is 10.9 Å². The Balaban J connectivity index is 2.14. The molecule has 0 saturated carbocycles. The summed E-state index contributed by atoms with van der Waals surface area (Å²) >= 11 is 5.24. The van der Waals surface area contributed by atoms with E-state index in [1.54, 1.807) is 6.33 Å². The van der Waals surface area contributed by atoms with Crippen LogP contribution in [0.5, 0.6) is 0 Å². The largest absolute Gasteiger partial charge is 0.372 e. The number of aromatic amines is 1. The highest BCUT2D eigenvalue weighted by molar-refractivity contribution is 7.71. The Bertz CT molecular complexity index is 570. The second-order valence-corrected chi connectivity index (χ2v) is 4.52. The highest BCUT2D eigenvalue weighted by Crippen LogP contribution is 2.24. The third-order valence-electron chi connectivity index (χ3n) is 3.11. The molecule has 2 aromatic rings. The molecule has 1 saturated heterocycles. The Morgan fingerprint density at radius 3 is 2.88 bits per heavy atom. The number of nitrogens with one attached hydrogen (secondary N) is 1. The maximum Gasteiger partial charge on any atom is 0.137 e. The SMILES string of the molecule is S=c1nc[nH]c2ccc(N3CCCC3)cc12. The van der Waals surface area contributed by atoms with Crippen LogP contribution in [0.1, 0.15) is 12.8 Å². The molecule has 1 aliphatic heterocycles. The van der Waals surface area contributed by atoms with Crippen LogP contribution in [0, 0.1) is 4.64 Å². The first-order valence-corrected chi connectivity index (χ1v) is 5.98. The lowest BCUT2D eigenvalue weighted by Crippen LogP contribution is -2.17. The van der Waals surface area contributed by atoms with E-state index in [-0.39, 0.29) is 0 Å². The number of rotatable bonds is 1. The van der Waals surface area contributed by atoms with E-state index in [4.69, 9.17) is 12.2 Å². The van der Waals surface area contributed by atoms with E-state index >= 15 is 0 Å². The van der Waals surface area contributed by atoms with Crippen molar-refractivity contribution in [2.24, 2.45) is 0 Å². The molecule has 1 aromatic heterocycles. The van der Waals surface area contributed by atoms with E-state index in [9.17, 15) is 0 Å². The van der Waals surface area contributed by atoms with Crippen LogP contribution in [-0.4, -0.2) is 23.1 Å². The number of hydrogen-bond donors (Lipinski definition) is 1. The van der Waals surface area contributed by atoms with Crippen LogP contribution in [0.15, 0.2) is 24.5 Å². The second kappa shape index (κ2) is 3.87. The van der Waals surface area contributed by atoms with E-state index in [1.807, 2.05) is 0 Å². The lowest BCUT2D eigenvalue weighted by molar-refractivity contribution is 0.949. The van der Waals surface area contributed by atoms with Gasteiger partial charge in [0, 0.05) is 29.7 Å². The van der Waals surface area contributed by atoms with Gasteiger partial charge < -0.3 is 9.88 Å². The standard InChI is InChI=1S/C12H13N3S/c16-12-10-7-9(15-5-1-2-6-15)3-4-11(10)13-8-14-12/h3-4,7-8H,1-2,5-6H2,(H,13,14,16). The second-order valence-electron chi connectivity index (χ2n) is 4.13. The van der Waals surface area contributed by atoms with Gasteiger partial charge in [0.25, 0.3) is 0 Å². The molecule has 0 unspecified atom stereocenters. The zero-order valence-electron chi connectivity index (χ0n) is 8.94. The molecule has 1 aliphatic rings. The maximum absolute atomic E-state index is 5.24. The first-order chi connectivity index (χ1) is 7.84. The van der Waals surface area contributed by atoms with Crippen molar-refractivity contribution in [3.05, 3.63) is 29.2 Å². The first kappa shape index (κ1) is 9.78. The number of aromatic nitrogens is 2. The summed E-state index contributed by atoms with van der Waals surface area (Å²) in [6.45, 7) is 2.31. The molecule has 82 valence electrons. The van der Waals surface area contributed by atoms with Gasteiger partial charge in [0.2, 0.25) is 0 Å². The van der Waals surface area contributed by atoms with Crippen molar-refractivity contribution in [2.75, 3.05) is 18.0 Å². The molecule has 0 aliphatic carbocycles. The zero-order valence-corrected chi connectivity index (χ0v) is 9.76. The Morgan fingerprint density at radius 1 is 1.25 bits per heavy atom. The highest BCUT2D eigenvalue weighted by Gasteiger charge is 2.12. The molecule has 0 radical (unpaired) electrons. The molecular weight excluding hydrogens is 218 g/mol. The van der Waals surface area contributed by atoms with Crippen LogP contribution in [-0.2, 0) is 0 Å². The molecule has 2 heterocycles. The maximum atomic E-state index is 5.24. The van der Waals surface area contributed by atoms with Crippen molar-refractivity contribution in [3.8, 4) is 0 Å². The van der Waals surface area contributed by atoms with Crippen LogP contribution < -0.4 is 4.90 Å². The summed E-state index contributed by atoms with van der Waals surface area (Å²) in [5.74, 6) is 0. The summed E-state index contributed by atoms with van der Waals surface area (Å²) in [6, 6.07) is 6.38. The number of nitrogens with zero attached hydrogens (tertiary/aromatic N) is 2. The van der Waals surface area contributed by atoms with E-state index < -0.39 is 0 Å². The third-order valence-corrected chi connectivity index (χ3v) is 3.43. The highest BCUT2D eigenvalue weighted by atomic mass is 32.1. The molecule has 4 heteroatoms. The normalized spacial score (nSPS) is 15.9. The van der Waals surface area contributed by atoms with E-state index in [2.05, 4.69) is 33.1 Å². The van der Waals surface area contributed by atoms with Gasteiger partial charge in [-0.3, -0.25) is 0 Å². The van der Waals surface area contributed by atoms with Gasteiger partial charge in [-0.25, -0.2) is 4.98 Å². The predicted octanol–water partition coefficient (Wildman–Crippen LogP) is 2.89. The zero-order chi connectivity index (χ0) is 11.0. The summed E-state index contributed by atoms with van der Waals surface area (Å²) < 4.78 is 0.676. The monoisotopic (exact) mass is 231 g/mol. The lowest BCUT2D eigenvalue weighted by atomic mass is 10.2. The minimum Gasteiger partial charge on any atom is -0.372 e. The van der Waals surface area contributed by atoms with Crippen LogP contribution in [0.2, 0.25) is 0 Å². The molecule has 0 atom stereocenters. The summed E-state index contributed by atoms with van der Waals surface area (Å²) in [6.07, 6.45) is 4.23. The van der Waals surface area contributed by atoms with Gasteiger partial charge >= 0.3 is 0 Å². The van der Waals surface area contributed by atoms with Gasteiger partial charge in [0.15, 0.2) is 0 Å². The van der Waals surface area contributed by atoms with E-state index in [1.165, 1.54) is 18.5 Å². The summed E-state index contributed by atoms with van der Waals surface area (Å²) in [7, 11) is 0. The molecular formula is C12H13N3S. The van der Waals surface area contributed by atoms with Crippen LogP contribution >= 0.6 is 12.2 Å². The Hall–Kier alpha value is -1.42. The topological polar surface area (TPSA) is 31.9 Å². The van der Waals surface area contributed by atoms with Gasteiger partial charge in [-0.2, -0.15) is 0 Å². The Kier molecular flexibility index (Phi) is 2.36. The van der Waals surface area contributed by atoms with Crippen LogP contribution in [0.4, 0.5) is 5.69 Å². The molecule has 3 nitrogen and oxygen atoms in total. The number of benzene rings is 1. The Labute approximate surface area is 99.1 Å². The van der Waals surface area contributed by atoms with Crippen molar-refractivity contribution in [3.63, 3.8) is 0 Å². The first-order valence-electron chi connectivity index (χ1n) is 5.57. The minimum atomic E-state index is 0.676. The molecule has 0 bridgehead atoms. The number of H-pyrrole nitrogens is 1. The summed E-state index contributed by atoms with van der Waals surface area (Å²) in [4.78, 5) is 9.63. The molecule has 0 amide bonds. The average molecular weight is 231 g/mol. The molecule has 1 aromatic carbocycles. The van der Waals surface area contributed by atoms with Crippen molar-refractivity contribution in [2.45, 2.75) is 12.8 Å². The van der Waals surface area contributed by atoms with Gasteiger partial charge in [0.1, 0.15) is 4.64 Å². The molecule has 1 N–H and O–H groups in total. The minimum absolute atomic E-state index is 0.676. The van der Waals surface area contributed by atoms with Crippen molar-refractivity contribution >= 4 is 28.8 Å². The van der Waals surface area contributed by atoms with Gasteiger partial charge in [-0.1, -0.05) is 12.2 Å². The molecule has 3 rings (SSSR count). The van der Waals surface area contributed by atoms with Gasteiger partial charge in [-0.15, -0.1) is 0 Å². The predicted molar refractivity (Wildman–Crippen MR) is 68.4 cm³/mol. The Morgan fingerprint density at radius 2 is 2.06 bits per heavy atom. The lowest BCUT2D eigenvalue weighted by Gasteiger charge is -2.17. The third kappa shape index (κ3) is 1.59. The quantitative estimate of drug-likeness (QED) is 0.766. The van der Waals surface area contributed by atoms with Crippen molar-refractivity contribution in [1.29, 1.82) is 0 Å². The molecule has 16 heavy (non-hydrogen) atoms. The van der Waals surface area contributed by atoms with Crippen LogP contribution in [0.3, 0.4) is 0 Å². The van der Waals surface area contributed by atoms with Crippen molar-refractivity contribution in [1.82, 2.24) is 9.97 Å². The van der Waals surface area contributed by atoms with Gasteiger partial charge in [-0.05, 0) is 31.0 Å².